The van der Waals surface area contributed by atoms with Crippen LogP contribution in [-0.4, -0.2) is 14.8 Å². The predicted molar refractivity (Wildman–Crippen MR) is 99.4 cm³/mol. The zero-order chi connectivity index (χ0) is 18.1. The van der Waals surface area contributed by atoms with E-state index in [-0.39, 0.29) is 17.3 Å². The summed E-state index contributed by atoms with van der Waals surface area (Å²) in [4.78, 5) is 4.40. The van der Waals surface area contributed by atoms with E-state index in [1.165, 1.54) is 23.4 Å². The molecule has 26 heavy (non-hydrogen) atoms. The van der Waals surface area contributed by atoms with E-state index in [1.807, 2.05) is 35.3 Å². The van der Waals surface area contributed by atoms with Crippen LogP contribution >= 0.6 is 0 Å². The molecule has 0 amide bonds. The molecule has 0 saturated carbocycles. The molecule has 1 aromatic carbocycles. The highest BCUT2D eigenvalue weighted by Crippen LogP contribution is 2.41. The molecule has 1 aliphatic rings. The van der Waals surface area contributed by atoms with Crippen molar-refractivity contribution in [2.24, 2.45) is 5.41 Å². The number of hydrogen-bond acceptors (Lipinski definition) is 3. The average Bonchev–Trinajstić information content (AvgIpc) is 3.04. The van der Waals surface area contributed by atoms with Crippen LogP contribution in [0, 0.1) is 11.2 Å². The van der Waals surface area contributed by atoms with Gasteiger partial charge < -0.3 is 5.32 Å². The van der Waals surface area contributed by atoms with Gasteiger partial charge in [0.05, 0.1) is 17.6 Å². The van der Waals surface area contributed by atoms with Crippen molar-refractivity contribution in [3.05, 3.63) is 77.6 Å². The lowest BCUT2D eigenvalue weighted by molar-refractivity contribution is 0.252. The van der Waals surface area contributed by atoms with E-state index in [2.05, 4.69) is 29.2 Å². The van der Waals surface area contributed by atoms with Gasteiger partial charge in [-0.05, 0) is 54.7 Å². The Labute approximate surface area is 153 Å². The molecular weight excluding hydrogens is 327 g/mol. The highest BCUT2D eigenvalue weighted by molar-refractivity contribution is 5.38. The second-order valence-electron chi connectivity index (χ2n) is 7.73. The van der Waals surface area contributed by atoms with Gasteiger partial charge in [0, 0.05) is 30.0 Å². The molecule has 134 valence electrons. The van der Waals surface area contributed by atoms with E-state index in [1.54, 1.807) is 12.1 Å². The number of nitrogens with zero attached hydrogens (tertiary/aromatic N) is 3. The summed E-state index contributed by atoms with van der Waals surface area (Å²) in [6.45, 7) is 5.30. The van der Waals surface area contributed by atoms with Gasteiger partial charge in [-0.2, -0.15) is 5.10 Å². The van der Waals surface area contributed by atoms with Crippen LogP contribution in [0.1, 0.15) is 43.3 Å². The fourth-order valence-electron chi connectivity index (χ4n) is 3.76. The van der Waals surface area contributed by atoms with Crippen molar-refractivity contribution in [3.63, 3.8) is 0 Å². The van der Waals surface area contributed by atoms with Gasteiger partial charge in [-0.25, -0.2) is 9.07 Å². The third-order valence-corrected chi connectivity index (χ3v) is 5.01. The van der Waals surface area contributed by atoms with Crippen molar-refractivity contribution in [2.45, 2.75) is 39.3 Å². The molecule has 1 unspecified atom stereocenters. The van der Waals surface area contributed by atoms with E-state index in [0.29, 0.717) is 0 Å². The summed E-state index contributed by atoms with van der Waals surface area (Å²) in [7, 11) is 0. The Bertz CT molecular complexity index is 884. The Kier molecular flexibility index (Phi) is 4.32. The number of halogens is 1. The van der Waals surface area contributed by atoms with Gasteiger partial charge in [0.2, 0.25) is 0 Å². The minimum Gasteiger partial charge on any atom is -0.304 e. The normalized spacial score (nSPS) is 18.5. The fraction of sp³-hybridized carbons (Fsp3) is 0.333. The van der Waals surface area contributed by atoms with Crippen molar-refractivity contribution < 1.29 is 4.39 Å². The Hall–Kier alpha value is -2.53. The van der Waals surface area contributed by atoms with Crippen molar-refractivity contribution in [2.75, 3.05) is 0 Å². The third-order valence-electron chi connectivity index (χ3n) is 5.01. The Morgan fingerprint density at radius 2 is 2.00 bits per heavy atom. The number of nitrogens with one attached hydrogen (secondary N) is 1. The first-order valence-electron chi connectivity index (χ1n) is 8.98. The minimum absolute atomic E-state index is 0.159. The van der Waals surface area contributed by atoms with Crippen LogP contribution in [0.25, 0.3) is 5.69 Å². The second kappa shape index (κ2) is 6.65. The van der Waals surface area contributed by atoms with Gasteiger partial charge in [-0.1, -0.05) is 19.9 Å². The standard InChI is InChI=1S/C21H23FN4/c1-21(2)11-19(24-13-16-5-3-4-10-23-16)18-14-25-26(20(18)12-21)17-8-6-15(22)7-9-17/h3-10,14,19,24H,11-13H2,1-2H3. The number of aromatic nitrogens is 3. The first kappa shape index (κ1) is 16.9. The largest absolute Gasteiger partial charge is 0.304 e. The van der Waals surface area contributed by atoms with Crippen LogP contribution in [0.4, 0.5) is 4.39 Å². The quantitative estimate of drug-likeness (QED) is 0.766. The van der Waals surface area contributed by atoms with Crippen LogP contribution in [0.3, 0.4) is 0 Å². The van der Waals surface area contributed by atoms with Crippen molar-refractivity contribution in [1.29, 1.82) is 0 Å². The summed E-state index contributed by atoms with van der Waals surface area (Å²) in [5.74, 6) is -0.231. The van der Waals surface area contributed by atoms with Crippen LogP contribution < -0.4 is 5.32 Å². The van der Waals surface area contributed by atoms with Crippen molar-refractivity contribution in [3.8, 4) is 5.69 Å². The van der Waals surface area contributed by atoms with Crippen LogP contribution in [0.5, 0.6) is 0 Å². The van der Waals surface area contributed by atoms with Gasteiger partial charge in [0.25, 0.3) is 0 Å². The maximum Gasteiger partial charge on any atom is 0.123 e. The number of hydrogen-bond donors (Lipinski definition) is 1. The van der Waals surface area contributed by atoms with E-state index >= 15 is 0 Å². The van der Waals surface area contributed by atoms with Gasteiger partial charge in [-0.15, -0.1) is 0 Å². The number of benzene rings is 1. The Morgan fingerprint density at radius 1 is 1.19 bits per heavy atom. The van der Waals surface area contributed by atoms with E-state index in [0.717, 1.165) is 30.8 Å². The number of fused-ring (bicyclic) bond motifs is 1. The molecule has 0 bridgehead atoms. The van der Waals surface area contributed by atoms with Crippen LogP contribution in [-0.2, 0) is 13.0 Å². The summed E-state index contributed by atoms with van der Waals surface area (Å²) >= 11 is 0. The summed E-state index contributed by atoms with van der Waals surface area (Å²) in [5.41, 5.74) is 4.51. The first-order chi connectivity index (χ1) is 12.5. The molecule has 1 aliphatic carbocycles. The molecule has 1 atom stereocenters. The fourth-order valence-corrected chi connectivity index (χ4v) is 3.76. The summed E-state index contributed by atoms with van der Waals surface area (Å²) in [6, 6.07) is 12.7. The molecule has 0 saturated heterocycles. The zero-order valence-electron chi connectivity index (χ0n) is 15.1. The monoisotopic (exact) mass is 350 g/mol. The molecule has 5 heteroatoms. The molecule has 2 aromatic heterocycles. The van der Waals surface area contributed by atoms with Crippen molar-refractivity contribution in [1.82, 2.24) is 20.1 Å². The van der Waals surface area contributed by atoms with Gasteiger partial charge in [0.15, 0.2) is 0 Å². The molecule has 0 fully saturated rings. The van der Waals surface area contributed by atoms with E-state index < -0.39 is 0 Å². The second-order valence-corrected chi connectivity index (χ2v) is 7.73. The van der Waals surface area contributed by atoms with Gasteiger partial charge in [0.1, 0.15) is 5.82 Å². The third kappa shape index (κ3) is 3.40. The summed E-state index contributed by atoms with van der Waals surface area (Å²) < 4.78 is 15.2. The Morgan fingerprint density at radius 3 is 2.73 bits per heavy atom. The SMILES string of the molecule is CC1(C)Cc2c(cnn2-c2ccc(F)cc2)C(NCc2ccccn2)C1. The number of rotatable bonds is 4. The lowest BCUT2D eigenvalue weighted by atomic mass is 9.74. The summed E-state index contributed by atoms with van der Waals surface area (Å²) in [6.07, 6.45) is 5.76. The van der Waals surface area contributed by atoms with E-state index in [9.17, 15) is 4.39 Å². The maximum atomic E-state index is 13.3. The molecule has 3 aromatic rings. The smallest absolute Gasteiger partial charge is 0.123 e. The van der Waals surface area contributed by atoms with Crippen molar-refractivity contribution >= 4 is 0 Å². The molecular formula is C21H23FN4. The maximum absolute atomic E-state index is 13.3. The lowest BCUT2D eigenvalue weighted by Gasteiger charge is -2.36. The zero-order valence-corrected chi connectivity index (χ0v) is 15.1. The molecule has 1 N–H and O–H groups in total. The highest BCUT2D eigenvalue weighted by Gasteiger charge is 2.35. The average molecular weight is 350 g/mol. The van der Waals surface area contributed by atoms with E-state index in [4.69, 9.17) is 0 Å². The molecule has 2 heterocycles. The molecule has 4 rings (SSSR count). The Balaban J connectivity index is 1.64. The predicted octanol–water partition coefficient (Wildman–Crippen LogP) is 4.21. The summed E-state index contributed by atoms with van der Waals surface area (Å²) in [5, 5.41) is 8.25. The molecule has 0 aliphatic heterocycles. The minimum atomic E-state index is -0.231. The van der Waals surface area contributed by atoms with Crippen LogP contribution in [0.15, 0.2) is 54.9 Å². The molecule has 0 spiro atoms. The van der Waals surface area contributed by atoms with Gasteiger partial charge in [-0.3, -0.25) is 4.98 Å². The lowest BCUT2D eigenvalue weighted by Crippen LogP contribution is -2.33. The number of pyridine rings is 1. The van der Waals surface area contributed by atoms with Crippen LogP contribution in [0.2, 0.25) is 0 Å². The first-order valence-corrected chi connectivity index (χ1v) is 8.98. The molecule has 4 nitrogen and oxygen atoms in total. The molecule has 0 radical (unpaired) electrons. The van der Waals surface area contributed by atoms with Gasteiger partial charge >= 0.3 is 0 Å². The highest BCUT2D eigenvalue weighted by atomic mass is 19.1. The topological polar surface area (TPSA) is 42.7 Å².